The maximum atomic E-state index is 12.1. The Balaban J connectivity index is 2.67. The van der Waals surface area contributed by atoms with Gasteiger partial charge in [-0.2, -0.15) is 0 Å². The second-order valence-corrected chi connectivity index (χ2v) is 5.51. The number of rotatable bonds is 10. The standard InChI is InChI=1S/C15H22N4O5/c1-10-4-5-11(19(23)24)8-12(10)18-14(20)9-13(15(21)22)17-7-3-6-16-2/h4-5,8,13,16-17H,3,6-7,9H2,1-2H3,(H,18,20)(H,21,22)/p+1/t13-/m1/s1. The molecule has 0 aliphatic carbocycles. The van der Waals surface area contributed by atoms with Crippen molar-refractivity contribution in [2.75, 3.05) is 25.5 Å². The minimum Gasteiger partial charge on any atom is -0.544 e. The molecule has 24 heavy (non-hydrogen) atoms. The molecule has 1 aromatic rings. The molecule has 0 aromatic heterocycles. The molecule has 132 valence electrons. The number of aryl methyl sites for hydroxylation is 1. The highest BCUT2D eigenvalue weighted by Gasteiger charge is 2.19. The molecule has 0 bridgehead atoms. The van der Waals surface area contributed by atoms with E-state index in [9.17, 15) is 24.8 Å². The third-order valence-electron chi connectivity index (χ3n) is 3.56. The minimum atomic E-state index is -1.30. The van der Waals surface area contributed by atoms with Crippen LogP contribution in [-0.4, -0.2) is 43.0 Å². The molecule has 0 aliphatic rings. The van der Waals surface area contributed by atoms with Gasteiger partial charge in [-0.15, -0.1) is 0 Å². The van der Waals surface area contributed by atoms with Gasteiger partial charge in [0.25, 0.3) is 5.69 Å². The van der Waals surface area contributed by atoms with Crippen LogP contribution in [0.1, 0.15) is 18.4 Å². The van der Waals surface area contributed by atoms with Gasteiger partial charge in [0.2, 0.25) is 5.91 Å². The second kappa shape index (κ2) is 9.58. The van der Waals surface area contributed by atoms with Crippen LogP contribution in [0.2, 0.25) is 0 Å². The van der Waals surface area contributed by atoms with Gasteiger partial charge >= 0.3 is 0 Å². The number of carbonyl (C=O) groups excluding carboxylic acids is 2. The van der Waals surface area contributed by atoms with Crippen LogP contribution < -0.4 is 21.1 Å². The topological polar surface area (TPSA) is 146 Å². The Bertz CT molecular complexity index is 606. The molecule has 0 radical (unpaired) electrons. The van der Waals surface area contributed by atoms with Crippen molar-refractivity contribution in [3.05, 3.63) is 33.9 Å². The van der Waals surface area contributed by atoms with Crippen molar-refractivity contribution >= 4 is 23.3 Å². The van der Waals surface area contributed by atoms with Gasteiger partial charge < -0.3 is 25.9 Å². The molecular weight excluding hydrogens is 316 g/mol. The van der Waals surface area contributed by atoms with E-state index in [0.717, 1.165) is 13.0 Å². The van der Waals surface area contributed by atoms with E-state index in [2.05, 4.69) is 5.32 Å². The summed E-state index contributed by atoms with van der Waals surface area (Å²) in [5, 5.41) is 28.0. The van der Waals surface area contributed by atoms with Crippen molar-refractivity contribution in [2.45, 2.75) is 25.8 Å². The molecule has 0 unspecified atom stereocenters. The van der Waals surface area contributed by atoms with Crippen molar-refractivity contribution in [3.63, 3.8) is 0 Å². The fraction of sp³-hybridized carbons (Fsp3) is 0.467. The number of nitrogens with two attached hydrogens (primary N) is 2. The number of carboxylic acids is 1. The van der Waals surface area contributed by atoms with E-state index in [4.69, 9.17) is 0 Å². The molecule has 0 fully saturated rings. The number of carbonyl (C=O) groups is 2. The fourth-order valence-corrected chi connectivity index (χ4v) is 2.16. The summed E-state index contributed by atoms with van der Waals surface area (Å²) >= 11 is 0. The lowest BCUT2D eigenvalue weighted by Gasteiger charge is -2.16. The number of amides is 1. The molecule has 1 rings (SSSR count). The van der Waals surface area contributed by atoms with Crippen molar-refractivity contribution in [1.29, 1.82) is 0 Å². The lowest BCUT2D eigenvalue weighted by atomic mass is 10.1. The normalized spacial score (nSPS) is 11.8. The van der Waals surface area contributed by atoms with Gasteiger partial charge in [0.1, 0.15) is 6.04 Å². The Morgan fingerprint density at radius 3 is 2.62 bits per heavy atom. The van der Waals surface area contributed by atoms with E-state index < -0.39 is 22.8 Å². The lowest BCUT2D eigenvalue weighted by Crippen LogP contribution is -2.94. The predicted octanol–water partition coefficient (Wildman–Crippen LogP) is -2.50. The van der Waals surface area contributed by atoms with Crippen LogP contribution in [0.4, 0.5) is 11.4 Å². The Labute approximate surface area is 139 Å². The van der Waals surface area contributed by atoms with Crippen LogP contribution in [-0.2, 0) is 9.59 Å². The monoisotopic (exact) mass is 339 g/mol. The number of nitro benzene ring substituents is 1. The zero-order valence-electron chi connectivity index (χ0n) is 13.8. The molecule has 9 heteroatoms. The van der Waals surface area contributed by atoms with Gasteiger partial charge in [-0.05, 0) is 12.5 Å². The van der Waals surface area contributed by atoms with Crippen molar-refractivity contribution in [3.8, 4) is 0 Å². The summed E-state index contributed by atoms with van der Waals surface area (Å²) in [4.78, 5) is 33.4. The zero-order valence-corrected chi connectivity index (χ0v) is 13.8. The average molecular weight is 339 g/mol. The van der Waals surface area contributed by atoms with E-state index >= 15 is 0 Å². The Morgan fingerprint density at radius 2 is 2.04 bits per heavy atom. The SMILES string of the molecule is C[NH2+]CCC[NH2+][C@H](CC(=O)Nc1cc([N+](=O)[O-])ccc1C)C(=O)[O-]. The summed E-state index contributed by atoms with van der Waals surface area (Å²) in [5.41, 5.74) is 0.808. The highest BCUT2D eigenvalue weighted by molar-refractivity contribution is 5.94. The second-order valence-electron chi connectivity index (χ2n) is 5.51. The van der Waals surface area contributed by atoms with Crippen LogP contribution in [0.5, 0.6) is 0 Å². The first kappa shape index (κ1) is 19.5. The first-order valence-electron chi connectivity index (χ1n) is 7.72. The molecule has 0 saturated heterocycles. The number of quaternary nitrogens is 2. The largest absolute Gasteiger partial charge is 0.544 e. The van der Waals surface area contributed by atoms with Crippen LogP contribution in [0.25, 0.3) is 0 Å². The number of nitrogens with zero attached hydrogens (tertiary/aromatic N) is 1. The number of hydrogen-bond acceptors (Lipinski definition) is 5. The number of anilines is 1. The molecule has 0 saturated carbocycles. The third kappa shape index (κ3) is 6.31. The number of nitro groups is 1. The Morgan fingerprint density at radius 1 is 1.33 bits per heavy atom. The number of aliphatic carboxylic acids is 1. The minimum absolute atomic E-state index is 0.144. The summed E-state index contributed by atoms with van der Waals surface area (Å²) in [7, 11) is 1.92. The number of nitrogens with one attached hydrogen (secondary N) is 1. The Kier molecular flexibility index (Phi) is 7.80. The Hall–Kier alpha value is -2.52. The molecule has 1 amide bonds. The van der Waals surface area contributed by atoms with Gasteiger partial charge in [-0.25, -0.2) is 0 Å². The molecule has 1 atom stereocenters. The van der Waals surface area contributed by atoms with Crippen molar-refractivity contribution in [2.24, 2.45) is 0 Å². The maximum absolute atomic E-state index is 12.1. The van der Waals surface area contributed by atoms with Gasteiger partial charge in [0.15, 0.2) is 0 Å². The molecule has 5 N–H and O–H groups in total. The number of non-ortho nitro benzene ring substituents is 1. The molecular formula is C15H23N4O5+. The quantitative estimate of drug-likeness (QED) is 0.245. The van der Waals surface area contributed by atoms with E-state index in [1.54, 1.807) is 12.2 Å². The fourth-order valence-electron chi connectivity index (χ4n) is 2.16. The van der Waals surface area contributed by atoms with Crippen molar-refractivity contribution < 1.29 is 30.3 Å². The predicted molar refractivity (Wildman–Crippen MR) is 84.0 cm³/mol. The summed E-state index contributed by atoms with van der Waals surface area (Å²) < 4.78 is 0. The number of hydrogen-bond donors (Lipinski definition) is 3. The number of benzene rings is 1. The van der Waals surface area contributed by atoms with Crippen molar-refractivity contribution in [1.82, 2.24) is 0 Å². The summed E-state index contributed by atoms with van der Waals surface area (Å²) in [6.45, 7) is 3.14. The highest BCUT2D eigenvalue weighted by Crippen LogP contribution is 2.21. The summed E-state index contributed by atoms with van der Waals surface area (Å²) in [5.74, 6) is -1.83. The number of carboxylic acid groups (broad SMARTS) is 1. The average Bonchev–Trinajstić information content (AvgIpc) is 2.52. The van der Waals surface area contributed by atoms with Gasteiger partial charge in [-0.1, -0.05) is 6.07 Å². The van der Waals surface area contributed by atoms with E-state index in [0.29, 0.717) is 17.8 Å². The van der Waals surface area contributed by atoms with Crippen LogP contribution >= 0.6 is 0 Å². The van der Waals surface area contributed by atoms with Crippen LogP contribution in [0.15, 0.2) is 18.2 Å². The summed E-state index contributed by atoms with van der Waals surface area (Å²) in [6, 6.07) is 3.13. The van der Waals surface area contributed by atoms with E-state index in [1.165, 1.54) is 18.2 Å². The molecule has 0 spiro atoms. The maximum Gasteiger partial charge on any atom is 0.271 e. The summed E-state index contributed by atoms with van der Waals surface area (Å²) in [6.07, 6.45) is 0.548. The molecule has 0 heterocycles. The molecule has 9 nitrogen and oxygen atoms in total. The van der Waals surface area contributed by atoms with Gasteiger partial charge in [0.05, 0.1) is 43.1 Å². The lowest BCUT2D eigenvalue weighted by molar-refractivity contribution is -0.692. The van der Waals surface area contributed by atoms with E-state index in [1.807, 2.05) is 12.4 Å². The van der Waals surface area contributed by atoms with E-state index in [-0.39, 0.29) is 12.1 Å². The third-order valence-corrected chi connectivity index (χ3v) is 3.56. The van der Waals surface area contributed by atoms with Crippen LogP contribution in [0, 0.1) is 17.0 Å². The first-order chi connectivity index (χ1) is 11.3. The zero-order chi connectivity index (χ0) is 18.1. The molecule has 0 aliphatic heterocycles. The smallest absolute Gasteiger partial charge is 0.271 e. The molecule has 1 aromatic carbocycles. The highest BCUT2D eigenvalue weighted by atomic mass is 16.6. The first-order valence-corrected chi connectivity index (χ1v) is 7.72. The van der Waals surface area contributed by atoms with Crippen LogP contribution in [0.3, 0.4) is 0 Å². The van der Waals surface area contributed by atoms with Gasteiger partial charge in [-0.3, -0.25) is 14.9 Å². The van der Waals surface area contributed by atoms with Gasteiger partial charge in [0, 0.05) is 18.6 Å².